The van der Waals surface area contributed by atoms with Crippen LogP contribution in [0.5, 0.6) is 0 Å². The van der Waals surface area contributed by atoms with E-state index in [9.17, 15) is 0 Å². The molecule has 0 radical (unpaired) electrons. The number of nitrogens with zero attached hydrogens (tertiary/aromatic N) is 1. The Balaban J connectivity index is 2.07. The minimum absolute atomic E-state index is 0.552. The molecule has 1 aliphatic rings. The molecule has 2 heterocycles. The fourth-order valence-corrected chi connectivity index (χ4v) is 3.80. The van der Waals surface area contributed by atoms with Crippen molar-refractivity contribution in [3.05, 3.63) is 22.4 Å². The third-order valence-corrected chi connectivity index (χ3v) is 5.21. The molecule has 1 N–H and O–H groups in total. The molecule has 0 aromatic carbocycles. The van der Waals surface area contributed by atoms with E-state index in [4.69, 9.17) is 0 Å². The normalized spacial score (nSPS) is 32.6. The van der Waals surface area contributed by atoms with Crippen molar-refractivity contribution in [2.75, 3.05) is 13.6 Å². The first-order chi connectivity index (χ1) is 8.15. The molecular weight excluding hydrogens is 228 g/mol. The van der Waals surface area contributed by atoms with Crippen LogP contribution in [0.15, 0.2) is 16.8 Å². The summed E-state index contributed by atoms with van der Waals surface area (Å²) < 4.78 is 0. The number of hydrogen-bond donors (Lipinski definition) is 1. The molecule has 2 rings (SSSR count). The van der Waals surface area contributed by atoms with Crippen LogP contribution in [0, 0.1) is 5.92 Å². The van der Waals surface area contributed by atoms with Gasteiger partial charge in [0.2, 0.25) is 0 Å². The smallest absolute Gasteiger partial charge is 0.0331 e. The van der Waals surface area contributed by atoms with Crippen molar-refractivity contribution in [3.63, 3.8) is 0 Å². The quantitative estimate of drug-likeness (QED) is 0.889. The largest absolute Gasteiger partial charge is 0.317 e. The molecule has 1 aromatic heterocycles. The minimum Gasteiger partial charge on any atom is -0.317 e. The van der Waals surface area contributed by atoms with Crippen LogP contribution in [0.25, 0.3) is 0 Å². The molecule has 1 fully saturated rings. The molecule has 0 spiro atoms. The van der Waals surface area contributed by atoms with Gasteiger partial charge in [-0.1, -0.05) is 6.92 Å². The van der Waals surface area contributed by atoms with Gasteiger partial charge >= 0.3 is 0 Å². The molecule has 0 amide bonds. The molecule has 4 atom stereocenters. The van der Waals surface area contributed by atoms with Crippen molar-refractivity contribution in [3.8, 4) is 0 Å². The highest BCUT2D eigenvalue weighted by molar-refractivity contribution is 7.07. The minimum atomic E-state index is 0.552. The van der Waals surface area contributed by atoms with Crippen molar-refractivity contribution >= 4 is 11.3 Å². The average molecular weight is 252 g/mol. The molecule has 0 aliphatic carbocycles. The average Bonchev–Trinajstić information content (AvgIpc) is 2.85. The summed E-state index contributed by atoms with van der Waals surface area (Å²) in [5, 5.41) is 7.92. The Hall–Kier alpha value is -0.380. The Bertz CT molecular complexity index is 336. The monoisotopic (exact) mass is 252 g/mol. The second kappa shape index (κ2) is 5.51. The van der Waals surface area contributed by atoms with Crippen LogP contribution in [0.2, 0.25) is 0 Å². The van der Waals surface area contributed by atoms with Gasteiger partial charge in [-0.15, -0.1) is 0 Å². The lowest BCUT2D eigenvalue weighted by molar-refractivity contribution is 0.0547. The first-order valence-corrected chi connectivity index (χ1v) is 7.54. The van der Waals surface area contributed by atoms with Crippen LogP contribution >= 0.6 is 11.3 Å². The Kier molecular flexibility index (Phi) is 4.23. The van der Waals surface area contributed by atoms with E-state index in [-0.39, 0.29) is 0 Å². The number of likely N-dealkylation sites (tertiary alicyclic amines) is 1. The van der Waals surface area contributed by atoms with E-state index in [1.54, 1.807) is 11.3 Å². The van der Waals surface area contributed by atoms with Gasteiger partial charge in [-0.05, 0) is 55.6 Å². The third-order valence-electron chi connectivity index (χ3n) is 4.51. The van der Waals surface area contributed by atoms with Gasteiger partial charge in [0.25, 0.3) is 0 Å². The van der Waals surface area contributed by atoms with E-state index in [1.165, 1.54) is 18.5 Å². The van der Waals surface area contributed by atoms with Gasteiger partial charge in [-0.25, -0.2) is 0 Å². The summed E-state index contributed by atoms with van der Waals surface area (Å²) in [5.74, 6) is 0.717. The van der Waals surface area contributed by atoms with Crippen LogP contribution in [0.4, 0.5) is 0 Å². The molecule has 0 bridgehead atoms. The van der Waals surface area contributed by atoms with Crippen LogP contribution in [-0.2, 0) is 0 Å². The predicted molar refractivity (Wildman–Crippen MR) is 75.5 cm³/mol. The van der Waals surface area contributed by atoms with Gasteiger partial charge in [0.1, 0.15) is 0 Å². The Morgan fingerprint density at radius 2 is 2.24 bits per heavy atom. The number of nitrogens with one attached hydrogen (secondary N) is 1. The summed E-state index contributed by atoms with van der Waals surface area (Å²) in [5.41, 5.74) is 1.47. The molecule has 1 aromatic rings. The van der Waals surface area contributed by atoms with Crippen LogP contribution in [-0.4, -0.2) is 30.6 Å². The summed E-state index contributed by atoms with van der Waals surface area (Å²) >= 11 is 1.80. The highest BCUT2D eigenvalue weighted by Gasteiger charge is 2.34. The van der Waals surface area contributed by atoms with E-state index in [0.717, 1.165) is 5.92 Å². The lowest BCUT2D eigenvalue weighted by Gasteiger charge is -2.45. The maximum atomic E-state index is 3.45. The lowest BCUT2D eigenvalue weighted by Crippen LogP contribution is -2.53. The summed E-state index contributed by atoms with van der Waals surface area (Å²) in [6.07, 6.45) is 1.26. The van der Waals surface area contributed by atoms with Crippen LogP contribution in [0.1, 0.15) is 38.8 Å². The van der Waals surface area contributed by atoms with Crippen molar-refractivity contribution in [2.45, 2.75) is 45.3 Å². The zero-order valence-corrected chi connectivity index (χ0v) is 12.1. The number of hydrogen-bond acceptors (Lipinski definition) is 3. The molecule has 0 saturated carbocycles. The molecule has 1 saturated heterocycles. The maximum absolute atomic E-state index is 3.45. The van der Waals surface area contributed by atoms with E-state index in [0.29, 0.717) is 18.1 Å². The van der Waals surface area contributed by atoms with Crippen molar-refractivity contribution < 1.29 is 0 Å². The molecule has 1 aliphatic heterocycles. The number of rotatable bonds is 3. The second-order valence-electron chi connectivity index (χ2n) is 5.25. The maximum Gasteiger partial charge on any atom is 0.0331 e. The van der Waals surface area contributed by atoms with E-state index >= 15 is 0 Å². The molecule has 2 nitrogen and oxygen atoms in total. The van der Waals surface area contributed by atoms with E-state index in [1.807, 2.05) is 0 Å². The Morgan fingerprint density at radius 3 is 2.82 bits per heavy atom. The van der Waals surface area contributed by atoms with Crippen molar-refractivity contribution in [1.29, 1.82) is 0 Å². The first kappa shape index (κ1) is 13.1. The summed E-state index contributed by atoms with van der Waals surface area (Å²) in [7, 11) is 2.09. The molecule has 4 unspecified atom stereocenters. The van der Waals surface area contributed by atoms with Gasteiger partial charge in [0, 0.05) is 24.7 Å². The van der Waals surface area contributed by atoms with Gasteiger partial charge in [-0.3, -0.25) is 4.90 Å². The molecule has 3 heteroatoms. The van der Waals surface area contributed by atoms with Crippen LogP contribution < -0.4 is 5.32 Å². The standard InChI is InChI=1S/C14H24N2S/c1-10-11(2)16(7-5-14(10)15-4)12(3)13-6-8-17-9-13/h6,8-12,14-15H,5,7H2,1-4H3. The number of thiophene rings is 1. The highest BCUT2D eigenvalue weighted by atomic mass is 32.1. The summed E-state index contributed by atoms with van der Waals surface area (Å²) in [6.45, 7) is 8.29. The van der Waals surface area contributed by atoms with Gasteiger partial charge in [-0.2, -0.15) is 11.3 Å². The van der Waals surface area contributed by atoms with Gasteiger partial charge in [0.15, 0.2) is 0 Å². The zero-order valence-electron chi connectivity index (χ0n) is 11.3. The van der Waals surface area contributed by atoms with Crippen molar-refractivity contribution in [1.82, 2.24) is 10.2 Å². The Labute approximate surface area is 109 Å². The highest BCUT2D eigenvalue weighted by Crippen LogP contribution is 2.32. The molecule has 17 heavy (non-hydrogen) atoms. The summed E-state index contributed by atoms with van der Waals surface area (Å²) in [6, 6.07) is 4.14. The molecular formula is C14H24N2S. The third kappa shape index (κ3) is 2.56. The van der Waals surface area contributed by atoms with E-state index < -0.39 is 0 Å². The fraction of sp³-hybridized carbons (Fsp3) is 0.714. The Morgan fingerprint density at radius 1 is 1.47 bits per heavy atom. The summed E-state index contributed by atoms with van der Waals surface area (Å²) in [4.78, 5) is 2.65. The predicted octanol–water partition coefficient (Wildman–Crippen LogP) is 3.13. The fourth-order valence-electron chi connectivity index (χ4n) is 3.05. The lowest BCUT2D eigenvalue weighted by atomic mass is 9.85. The zero-order chi connectivity index (χ0) is 12.4. The SMILES string of the molecule is CNC1CCN(C(C)c2ccsc2)C(C)C1C. The second-order valence-corrected chi connectivity index (χ2v) is 6.03. The first-order valence-electron chi connectivity index (χ1n) is 6.60. The van der Waals surface area contributed by atoms with Gasteiger partial charge < -0.3 is 5.32 Å². The number of piperidine rings is 1. The topological polar surface area (TPSA) is 15.3 Å². The van der Waals surface area contributed by atoms with Crippen molar-refractivity contribution in [2.24, 2.45) is 5.92 Å². The molecule has 96 valence electrons. The van der Waals surface area contributed by atoms with E-state index in [2.05, 4.69) is 54.9 Å². The van der Waals surface area contributed by atoms with Crippen LogP contribution in [0.3, 0.4) is 0 Å². The van der Waals surface area contributed by atoms with Gasteiger partial charge in [0.05, 0.1) is 0 Å².